The molecule has 2 rings (SSSR count). The van der Waals surface area contributed by atoms with Crippen LogP contribution in [0.1, 0.15) is 18.4 Å². The number of carbonyl (C=O) groups is 2. The van der Waals surface area contributed by atoms with Crippen molar-refractivity contribution >= 4 is 40.7 Å². The Morgan fingerprint density at radius 3 is 2.46 bits per heavy atom. The number of carbonyl (C=O) groups excluding carboxylic acids is 2. The third kappa shape index (κ3) is 6.22. The van der Waals surface area contributed by atoms with Crippen molar-refractivity contribution < 1.29 is 9.59 Å². The largest absolute Gasteiger partial charge is 0.356 e. The maximum atomic E-state index is 11.9. The summed E-state index contributed by atoms with van der Waals surface area (Å²) in [5.41, 5.74) is 1.62. The molecule has 2 N–H and O–H groups in total. The molecule has 0 radical (unpaired) electrons. The monoisotopic (exact) mass is 364 g/mol. The van der Waals surface area contributed by atoms with Crippen molar-refractivity contribution in [3.05, 3.63) is 64.1 Å². The van der Waals surface area contributed by atoms with Crippen molar-refractivity contribution in [2.24, 2.45) is 0 Å². The summed E-state index contributed by atoms with van der Waals surface area (Å²) >= 11 is 11.8. The lowest BCUT2D eigenvalue weighted by Gasteiger charge is -2.08. The van der Waals surface area contributed by atoms with Crippen molar-refractivity contribution in [3.8, 4) is 0 Å². The Hall–Kier alpha value is -2.04. The molecule has 0 aliphatic rings. The molecule has 0 spiro atoms. The van der Waals surface area contributed by atoms with Gasteiger partial charge in [0.15, 0.2) is 0 Å². The van der Waals surface area contributed by atoms with Crippen LogP contribution in [0.15, 0.2) is 48.5 Å². The Bertz CT molecular complexity index is 705. The number of rotatable bonds is 7. The molecule has 24 heavy (non-hydrogen) atoms. The van der Waals surface area contributed by atoms with Crippen LogP contribution in [0, 0.1) is 0 Å². The summed E-state index contributed by atoms with van der Waals surface area (Å²) in [6.07, 6.45) is 1.44. The van der Waals surface area contributed by atoms with Crippen LogP contribution < -0.4 is 10.6 Å². The smallest absolute Gasteiger partial charge is 0.233 e. The van der Waals surface area contributed by atoms with E-state index in [9.17, 15) is 9.59 Å². The highest BCUT2D eigenvalue weighted by Crippen LogP contribution is 2.25. The van der Waals surface area contributed by atoms with Crippen LogP contribution in [0.2, 0.25) is 10.0 Å². The molecule has 2 aromatic rings. The summed E-state index contributed by atoms with van der Waals surface area (Å²) in [5.74, 6) is -0.751. The minimum atomic E-state index is -0.431. The third-order valence-electron chi connectivity index (χ3n) is 3.33. The first kappa shape index (κ1) is 18.3. The fourth-order valence-electron chi connectivity index (χ4n) is 2.16. The molecule has 0 heterocycles. The van der Waals surface area contributed by atoms with E-state index < -0.39 is 5.91 Å². The van der Waals surface area contributed by atoms with Crippen molar-refractivity contribution in [1.29, 1.82) is 0 Å². The zero-order chi connectivity index (χ0) is 17.4. The second-order valence-corrected chi connectivity index (χ2v) is 6.13. The Balaban J connectivity index is 1.70. The van der Waals surface area contributed by atoms with Gasteiger partial charge in [-0.05, 0) is 36.6 Å². The van der Waals surface area contributed by atoms with Gasteiger partial charge < -0.3 is 10.6 Å². The van der Waals surface area contributed by atoms with Gasteiger partial charge >= 0.3 is 0 Å². The molecule has 126 valence electrons. The van der Waals surface area contributed by atoms with Gasteiger partial charge in [-0.1, -0.05) is 53.5 Å². The van der Waals surface area contributed by atoms with E-state index in [0.29, 0.717) is 22.3 Å². The van der Waals surface area contributed by atoms with Crippen LogP contribution in [-0.2, 0) is 16.0 Å². The van der Waals surface area contributed by atoms with E-state index in [4.69, 9.17) is 23.2 Å². The lowest BCUT2D eigenvalue weighted by atomic mass is 10.1. The van der Waals surface area contributed by atoms with Gasteiger partial charge in [-0.15, -0.1) is 0 Å². The maximum absolute atomic E-state index is 11.9. The normalized spacial score (nSPS) is 10.2. The Kier molecular flexibility index (Phi) is 7.09. The van der Waals surface area contributed by atoms with Gasteiger partial charge in [-0.2, -0.15) is 0 Å². The molecule has 0 saturated heterocycles. The minimum Gasteiger partial charge on any atom is -0.356 e. The van der Waals surface area contributed by atoms with Crippen molar-refractivity contribution in [2.75, 3.05) is 11.9 Å². The van der Waals surface area contributed by atoms with Gasteiger partial charge in [-0.25, -0.2) is 0 Å². The SMILES string of the molecule is O=C(CC(=O)Nc1cc(Cl)ccc1Cl)NCCCc1ccccc1. The minimum absolute atomic E-state index is 0.256. The van der Waals surface area contributed by atoms with Gasteiger partial charge in [0.25, 0.3) is 0 Å². The zero-order valence-electron chi connectivity index (χ0n) is 13.0. The average molecular weight is 365 g/mol. The molecule has 0 aromatic heterocycles. The van der Waals surface area contributed by atoms with Crippen LogP contribution in [0.25, 0.3) is 0 Å². The first-order valence-corrected chi connectivity index (χ1v) is 8.36. The molecule has 4 nitrogen and oxygen atoms in total. The molecule has 0 bridgehead atoms. The van der Waals surface area contributed by atoms with Crippen molar-refractivity contribution in [3.63, 3.8) is 0 Å². The molecule has 6 heteroatoms. The summed E-state index contributed by atoms with van der Waals surface area (Å²) in [4.78, 5) is 23.6. The molecule has 2 amide bonds. The molecule has 0 aliphatic carbocycles. The molecule has 0 saturated carbocycles. The van der Waals surface area contributed by atoms with E-state index in [1.807, 2.05) is 30.3 Å². The standard InChI is InChI=1S/C18H18Cl2N2O2/c19-14-8-9-15(20)16(11-14)22-18(24)12-17(23)21-10-4-7-13-5-2-1-3-6-13/h1-3,5-6,8-9,11H,4,7,10,12H2,(H,21,23)(H,22,24). The highest BCUT2D eigenvalue weighted by molar-refractivity contribution is 6.35. The second-order valence-electron chi connectivity index (χ2n) is 5.29. The van der Waals surface area contributed by atoms with Crippen LogP contribution in [0.5, 0.6) is 0 Å². The summed E-state index contributed by atoms with van der Waals surface area (Å²) in [5, 5.41) is 6.15. The number of hydrogen-bond donors (Lipinski definition) is 2. The summed E-state index contributed by atoms with van der Waals surface area (Å²) in [6, 6.07) is 14.8. The summed E-state index contributed by atoms with van der Waals surface area (Å²) in [7, 11) is 0. The van der Waals surface area contributed by atoms with E-state index in [2.05, 4.69) is 10.6 Å². The molecule has 0 aliphatic heterocycles. The molecular weight excluding hydrogens is 347 g/mol. The molecule has 0 fully saturated rings. The number of benzene rings is 2. The van der Waals surface area contributed by atoms with Gasteiger partial charge in [0.05, 0.1) is 10.7 Å². The number of aryl methyl sites for hydroxylation is 1. The summed E-state index contributed by atoms with van der Waals surface area (Å²) in [6.45, 7) is 0.527. The lowest BCUT2D eigenvalue weighted by molar-refractivity contribution is -0.126. The lowest BCUT2D eigenvalue weighted by Crippen LogP contribution is -2.29. The molecular formula is C18H18Cl2N2O2. The molecule has 0 unspecified atom stereocenters. The Labute approximate surface area is 151 Å². The topological polar surface area (TPSA) is 58.2 Å². The van der Waals surface area contributed by atoms with Crippen LogP contribution in [-0.4, -0.2) is 18.4 Å². The highest BCUT2D eigenvalue weighted by Gasteiger charge is 2.11. The van der Waals surface area contributed by atoms with E-state index in [0.717, 1.165) is 12.8 Å². The number of anilines is 1. The van der Waals surface area contributed by atoms with Crippen LogP contribution in [0.3, 0.4) is 0 Å². The number of nitrogens with one attached hydrogen (secondary N) is 2. The number of hydrogen-bond acceptors (Lipinski definition) is 2. The molecule has 0 atom stereocenters. The van der Waals surface area contributed by atoms with Gasteiger partial charge in [0, 0.05) is 11.6 Å². The summed E-state index contributed by atoms with van der Waals surface area (Å²) < 4.78 is 0. The zero-order valence-corrected chi connectivity index (χ0v) is 14.5. The molecule has 2 aromatic carbocycles. The van der Waals surface area contributed by atoms with Crippen molar-refractivity contribution in [1.82, 2.24) is 5.32 Å². The fraction of sp³-hybridized carbons (Fsp3) is 0.222. The van der Waals surface area contributed by atoms with Gasteiger partial charge in [-0.3, -0.25) is 9.59 Å². The van der Waals surface area contributed by atoms with E-state index in [1.54, 1.807) is 18.2 Å². The van der Waals surface area contributed by atoms with Crippen LogP contribution >= 0.6 is 23.2 Å². The quantitative estimate of drug-likeness (QED) is 0.574. The maximum Gasteiger partial charge on any atom is 0.233 e. The van der Waals surface area contributed by atoms with Gasteiger partial charge in [0.1, 0.15) is 6.42 Å². The Morgan fingerprint density at radius 1 is 0.958 bits per heavy atom. The average Bonchev–Trinajstić information content (AvgIpc) is 2.56. The first-order chi connectivity index (χ1) is 11.5. The van der Waals surface area contributed by atoms with E-state index >= 15 is 0 Å². The number of halogens is 2. The predicted octanol–water partition coefficient (Wildman–Crippen LogP) is 4.07. The second kappa shape index (κ2) is 9.30. The van der Waals surface area contributed by atoms with E-state index in [-0.39, 0.29) is 12.3 Å². The number of amides is 2. The third-order valence-corrected chi connectivity index (χ3v) is 3.90. The highest BCUT2D eigenvalue weighted by atomic mass is 35.5. The fourth-order valence-corrected chi connectivity index (χ4v) is 2.50. The predicted molar refractivity (Wildman–Crippen MR) is 97.5 cm³/mol. The first-order valence-electron chi connectivity index (χ1n) is 7.60. The van der Waals surface area contributed by atoms with E-state index in [1.165, 1.54) is 5.56 Å². The van der Waals surface area contributed by atoms with Crippen molar-refractivity contribution in [2.45, 2.75) is 19.3 Å². The van der Waals surface area contributed by atoms with Gasteiger partial charge in [0.2, 0.25) is 11.8 Å². The van der Waals surface area contributed by atoms with Crippen LogP contribution in [0.4, 0.5) is 5.69 Å². The Morgan fingerprint density at radius 2 is 1.71 bits per heavy atom.